The molecule has 0 aromatic carbocycles. The third kappa shape index (κ3) is 3.50. The zero-order chi connectivity index (χ0) is 15.4. The number of pyridine rings is 1. The van der Waals surface area contributed by atoms with Crippen LogP contribution in [0.2, 0.25) is 0 Å². The predicted octanol–water partition coefficient (Wildman–Crippen LogP) is 1.59. The first-order valence-corrected chi connectivity index (χ1v) is 7.62. The van der Waals surface area contributed by atoms with Gasteiger partial charge in [0, 0.05) is 12.2 Å². The molecular weight excluding hydrogens is 286 g/mol. The van der Waals surface area contributed by atoms with E-state index < -0.39 is 0 Å². The zero-order valence-corrected chi connectivity index (χ0v) is 13.3. The molecule has 2 rings (SSSR count). The summed E-state index contributed by atoms with van der Waals surface area (Å²) in [6.07, 6.45) is 4.30. The summed E-state index contributed by atoms with van der Waals surface area (Å²) >= 11 is 5.16. The smallest absolute Gasteiger partial charge is 0.325 e. The number of likely N-dealkylation sites (N-methyl/N-ethyl adjacent to an activating group) is 1. The van der Waals surface area contributed by atoms with Crippen LogP contribution < -0.4 is 10.6 Å². The minimum atomic E-state index is -0.301. The standard InChI is InChI=1S/C15H21N3O2S/c1-3-18(9-13(19)20-2)15-11(14(16)21)8-10-6-4-5-7-12(10)17-15/h8H,3-7,9H2,1-2H3,(H2,16,21). The van der Waals surface area contributed by atoms with Crippen molar-refractivity contribution in [2.75, 3.05) is 25.1 Å². The summed E-state index contributed by atoms with van der Waals surface area (Å²) in [5.74, 6) is 0.390. The molecule has 0 aliphatic heterocycles. The van der Waals surface area contributed by atoms with Crippen molar-refractivity contribution in [3.05, 3.63) is 22.9 Å². The summed E-state index contributed by atoms with van der Waals surface area (Å²) in [6.45, 7) is 2.75. The van der Waals surface area contributed by atoms with Gasteiger partial charge in [0.05, 0.1) is 12.7 Å². The number of carbonyl (C=O) groups is 1. The molecule has 1 aliphatic carbocycles. The lowest BCUT2D eigenvalue weighted by molar-refractivity contribution is -0.138. The van der Waals surface area contributed by atoms with Gasteiger partial charge in [0.2, 0.25) is 0 Å². The fourth-order valence-corrected chi connectivity index (χ4v) is 2.75. The molecule has 0 unspecified atom stereocenters. The Morgan fingerprint density at radius 2 is 2.19 bits per heavy atom. The summed E-state index contributed by atoms with van der Waals surface area (Å²) in [7, 11) is 1.38. The molecular formula is C15H21N3O2S. The fourth-order valence-electron chi connectivity index (χ4n) is 2.60. The normalized spacial score (nSPS) is 13.4. The molecule has 0 atom stereocenters. The average molecular weight is 307 g/mol. The van der Waals surface area contributed by atoms with Crippen molar-refractivity contribution in [1.82, 2.24) is 4.98 Å². The van der Waals surface area contributed by atoms with E-state index in [-0.39, 0.29) is 12.5 Å². The SMILES string of the molecule is CCN(CC(=O)OC)c1nc2c(cc1C(N)=S)CCCC2. The van der Waals surface area contributed by atoms with Crippen LogP contribution in [0.4, 0.5) is 5.82 Å². The van der Waals surface area contributed by atoms with E-state index in [1.165, 1.54) is 19.1 Å². The first-order valence-electron chi connectivity index (χ1n) is 7.21. The maximum Gasteiger partial charge on any atom is 0.325 e. The molecule has 1 heterocycles. The van der Waals surface area contributed by atoms with E-state index in [2.05, 4.69) is 0 Å². The number of nitrogens with two attached hydrogens (primary N) is 1. The second-order valence-electron chi connectivity index (χ2n) is 5.13. The first kappa shape index (κ1) is 15.7. The molecule has 6 heteroatoms. The fraction of sp³-hybridized carbons (Fsp3) is 0.533. The van der Waals surface area contributed by atoms with Crippen molar-refractivity contribution in [2.24, 2.45) is 5.73 Å². The highest BCUT2D eigenvalue weighted by Gasteiger charge is 2.21. The summed E-state index contributed by atoms with van der Waals surface area (Å²) in [6, 6.07) is 2.04. The minimum Gasteiger partial charge on any atom is -0.468 e. The predicted molar refractivity (Wildman–Crippen MR) is 86.7 cm³/mol. The van der Waals surface area contributed by atoms with Gasteiger partial charge in [0.15, 0.2) is 0 Å². The number of aryl methyl sites for hydroxylation is 2. The number of rotatable bonds is 5. The number of fused-ring (bicyclic) bond motifs is 1. The van der Waals surface area contributed by atoms with Gasteiger partial charge in [0.1, 0.15) is 17.4 Å². The van der Waals surface area contributed by atoms with E-state index in [0.717, 1.165) is 30.5 Å². The number of carbonyl (C=O) groups excluding carboxylic acids is 1. The van der Waals surface area contributed by atoms with Crippen LogP contribution in [0.25, 0.3) is 0 Å². The van der Waals surface area contributed by atoms with Crippen LogP contribution in [0.15, 0.2) is 6.07 Å². The summed E-state index contributed by atoms with van der Waals surface area (Å²) < 4.78 is 4.74. The lowest BCUT2D eigenvalue weighted by Gasteiger charge is -2.26. The van der Waals surface area contributed by atoms with E-state index in [9.17, 15) is 4.79 Å². The molecule has 1 aromatic rings. The number of nitrogens with zero attached hydrogens (tertiary/aromatic N) is 2. The van der Waals surface area contributed by atoms with Crippen molar-refractivity contribution in [2.45, 2.75) is 32.6 Å². The quantitative estimate of drug-likeness (QED) is 0.658. The van der Waals surface area contributed by atoms with Gasteiger partial charge in [0.25, 0.3) is 0 Å². The number of methoxy groups -OCH3 is 1. The highest BCUT2D eigenvalue weighted by Crippen LogP contribution is 2.26. The van der Waals surface area contributed by atoms with Gasteiger partial charge in [-0.2, -0.15) is 0 Å². The van der Waals surface area contributed by atoms with Gasteiger partial charge < -0.3 is 15.4 Å². The number of esters is 1. The monoisotopic (exact) mass is 307 g/mol. The first-order chi connectivity index (χ1) is 10.1. The minimum absolute atomic E-state index is 0.147. The molecule has 0 saturated carbocycles. The van der Waals surface area contributed by atoms with Gasteiger partial charge in [-0.3, -0.25) is 4.79 Å². The average Bonchev–Trinajstić information content (AvgIpc) is 2.50. The van der Waals surface area contributed by atoms with Gasteiger partial charge >= 0.3 is 5.97 Å². The van der Waals surface area contributed by atoms with E-state index in [0.29, 0.717) is 17.4 Å². The molecule has 0 fully saturated rings. The molecule has 0 saturated heterocycles. The number of ether oxygens (including phenoxy) is 1. The van der Waals surface area contributed by atoms with Crippen LogP contribution >= 0.6 is 12.2 Å². The van der Waals surface area contributed by atoms with Gasteiger partial charge in [-0.15, -0.1) is 0 Å². The van der Waals surface area contributed by atoms with Gasteiger partial charge in [-0.1, -0.05) is 12.2 Å². The molecule has 2 N–H and O–H groups in total. The molecule has 0 amide bonds. The lowest BCUT2D eigenvalue weighted by atomic mass is 9.94. The molecule has 0 bridgehead atoms. The molecule has 5 nitrogen and oxygen atoms in total. The van der Waals surface area contributed by atoms with E-state index >= 15 is 0 Å². The Hall–Kier alpha value is -1.69. The van der Waals surface area contributed by atoms with Crippen molar-refractivity contribution in [3.63, 3.8) is 0 Å². The summed E-state index contributed by atoms with van der Waals surface area (Å²) in [5, 5.41) is 0. The van der Waals surface area contributed by atoms with Crippen LogP contribution in [0.1, 0.15) is 36.6 Å². The highest BCUT2D eigenvalue weighted by atomic mass is 32.1. The van der Waals surface area contributed by atoms with E-state index in [4.69, 9.17) is 27.7 Å². The second kappa shape index (κ2) is 6.85. The largest absolute Gasteiger partial charge is 0.468 e. The Balaban J connectivity index is 2.43. The molecule has 21 heavy (non-hydrogen) atoms. The zero-order valence-electron chi connectivity index (χ0n) is 12.5. The number of hydrogen-bond acceptors (Lipinski definition) is 5. The summed E-state index contributed by atoms with van der Waals surface area (Å²) in [5.41, 5.74) is 8.92. The van der Waals surface area contributed by atoms with Crippen LogP contribution in [0.5, 0.6) is 0 Å². The van der Waals surface area contributed by atoms with Crippen molar-refractivity contribution < 1.29 is 9.53 Å². The molecule has 0 spiro atoms. The topological polar surface area (TPSA) is 68.5 Å². The molecule has 1 aromatic heterocycles. The van der Waals surface area contributed by atoms with Crippen LogP contribution in [0, 0.1) is 0 Å². The van der Waals surface area contributed by atoms with Crippen molar-refractivity contribution >= 4 is 29.0 Å². The maximum atomic E-state index is 11.6. The second-order valence-corrected chi connectivity index (χ2v) is 5.57. The Bertz CT molecular complexity index is 560. The van der Waals surface area contributed by atoms with E-state index in [1.807, 2.05) is 17.9 Å². The third-order valence-electron chi connectivity index (χ3n) is 3.78. The molecule has 1 aliphatic rings. The van der Waals surface area contributed by atoms with Gasteiger partial charge in [-0.25, -0.2) is 4.98 Å². The Morgan fingerprint density at radius 3 is 2.81 bits per heavy atom. The third-order valence-corrected chi connectivity index (χ3v) is 3.99. The molecule has 0 radical (unpaired) electrons. The van der Waals surface area contributed by atoms with Crippen LogP contribution in [-0.4, -0.2) is 36.1 Å². The summed E-state index contributed by atoms with van der Waals surface area (Å²) in [4.78, 5) is 18.5. The Labute approximate surface area is 130 Å². The number of aromatic nitrogens is 1. The number of thiocarbonyl (C=S) groups is 1. The molecule has 114 valence electrons. The number of hydrogen-bond donors (Lipinski definition) is 1. The Kier molecular flexibility index (Phi) is 5.12. The maximum absolute atomic E-state index is 11.6. The number of anilines is 1. The van der Waals surface area contributed by atoms with Crippen LogP contribution in [0.3, 0.4) is 0 Å². The Morgan fingerprint density at radius 1 is 1.48 bits per heavy atom. The van der Waals surface area contributed by atoms with Crippen molar-refractivity contribution in [1.29, 1.82) is 0 Å². The van der Waals surface area contributed by atoms with Gasteiger partial charge in [-0.05, 0) is 44.2 Å². The van der Waals surface area contributed by atoms with E-state index in [1.54, 1.807) is 0 Å². The van der Waals surface area contributed by atoms with Crippen molar-refractivity contribution in [3.8, 4) is 0 Å². The lowest BCUT2D eigenvalue weighted by Crippen LogP contribution is -2.33. The van der Waals surface area contributed by atoms with Crippen LogP contribution in [-0.2, 0) is 22.4 Å². The highest BCUT2D eigenvalue weighted by molar-refractivity contribution is 7.80.